The van der Waals surface area contributed by atoms with Crippen molar-refractivity contribution in [3.8, 4) is 5.75 Å². The maximum absolute atomic E-state index is 12.7. The maximum atomic E-state index is 12.7. The number of nitrogens with one attached hydrogen (secondary N) is 2. The Kier molecular flexibility index (Phi) is 4.65. The third-order valence-corrected chi connectivity index (χ3v) is 4.78. The highest BCUT2D eigenvalue weighted by Gasteiger charge is 2.58. The molecule has 1 aromatic rings. The molecule has 2 N–H and O–H groups in total. The summed E-state index contributed by atoms with van der Waals surface area (Å²) in [7, 11) is 0. The molecule has 1 aromatic carbocycles. The van der Waals surface area contributed by atoms with E-state index in [-0.39, 0.29) is 18.4 Å². The Morgan fingerprint density at radius 3 is 2.52 bits per heavy atom. The summed E-state index contributed by atoms with van der Waals surface area (Å²) in [5.74, 6) is 0.208. The van der Waals surface area contributed by atoms with Crippen LogP contribution in [0.3, 0.4) is 0 Å². The first-order chi connectivity index (χ1) is 12.0. The van der Waals surface area contributed by atoms with Crippen molar-refractivity contribution < 1.29 is 19.1 Å². The van der Waals surface area contributed by atoms with Crippen molar-refractivity contribution in [2.75, 3.05) is 18.5 Å². The molecule has 1 saturated heterocycles. The topological polar surface area (TPSA) is 87.7 Å². The molecule has 1 aliphatic heterocycles. The van der Waals surface area contributed by atoms with E-state index in [0.717, 1.165) is 17.7 Å². The number of ether oxygens (including phenoxy) is 1. The molecule has 0 bridgehead atoms. The molecule has 0 radical (unpaired) electrons. The molecule has 0 spiro atoms. The van der Waals surface area contributed by atoms with Gasteiger partial charge in [-0.1, -0.05) is 6.92 Å². The van der Waals surface area contributed by atoms with Crippen molar-refractivity contribution in [2.24, 2.45) is 5.92 Å². The van der Waals surface area contributed by atoms with E-state index in [9.17, 15) is 14.4 Å². The summed E-state index contributed by atoms with van der Waals surface area (Å²) in [6, 6.07) is 6.45. The zero-order valence-corrected chi connectivity index (χ0v) is 14.5. The van der Waals surface area contributed by atoms with Crippen LogP contribution in [-0.2, 0) is 9.59 Å². The summed E-state index contributed by atoms with van der Waals surface area (Å²) in [5.41, 5.74) is -0.235. The van der Waals surface area contributed by atoms with E-state index < -0.39 is 17.5 Å². The molecule has 0 aromatic heterocycles. The Morgan fingerprint density at radius 1 is 1.28 bits per heavy atom. The van der Waals surface area contributed by atoms with Crippen LogP contribution in [0.5, 0.6) is 5.75 Å². The van der Waals surface area contributed by atoms with Gasteiger partial charge in [-0.15, -0.1) is 0 Å². The van der Waals surface area contributed by atoms with Gasteiger partial charge >= 0.3 is 6.03 Å². The van der Waals surface area contributed by atoms with Gasteiger partial charge in [0.25, 0.3) is 5.91 Å². The lowest BCUT2D eigenvalue weighted by Gasteiger charge is -2.24. The van der Waals surface area contributed by atoms with E-state index in [1.165, 1.54) is 0 Å². The van der Waals surface area contributed by atoms with Gasteiger partial charge in [-0.2, -0.15) is 0 Å². The number of imide groups is 1. The number of rotatable bonds is 7. The first-order valence-corrected chi connectivity index (χ1v) is 8.67. The Balaban J connectivity index is 1.62. The number of nitrogens with zero attached hydrogens (tertiary/aromatic N) is 1. The van der Waals surface area contributed by atoms with E-state index in [1.807, 2.05) is 13.8 Å². The first kappa shape index (κ1) is 17.3. The molecule has 0 unspecified atom stereocenters. The van der Waals surface area contributed by atoms with Gasteiger partial charge in [-0.3, -0.25) is 14.5 Å². The lowest BCUT2D eigenvalue weighted by molar-refractivity contribution is -0.134. The van der Waals surface area contributed by atoms with Crippen LogP contribution in [0, 0.1) is 5.92 Å². The highest BCUT2D eigenvalue weighted by atomic mass is 16.5. The first-order valence-electron chi connectivity index (χ1n) is 8.67. The second-order valence-corrected chi connectivity index (χ2v) is 6.43. The van der Waals surface area contributed by atoms with E-state index >= 15 is 0 Å². The smallest absolute Gasteiger partial charge is 0.325 e. The Bertz CT molecular complexity index is 684. The number of benzene rings is 1. The van der Waals surface area contributed by atoms with Crippen LogP contribution in [-0.4, -0.2) is 41.4 Å². The van der Waals surface area contributed by atoms with Crippen molar-refractivity contribution >= 4 is 23.5 Å². The molecule has 7 heteroatoms. The fraction of sp³-hybridized carbons (Fsp3) is 0.500. The molecular weight excluding hydrogens is 322 g/mol. The molecule has 1 aliphatic carbocycles. The van der Waals surface area contributed by atoms with Gasteiger partial charge in [0.1, 0.15) is 17.8 Å². The summed E-state index contributed by atoms with van der Waals surface area (Å²) in [6.07, 6.45) is 2.41. The van der Waals surface area contributed by atoms with Crippen LogP contribution in [0.2, 0.25) is 0 Å². The molecule has 1 heterocycles. The van der Waals surface area contributed by atoms with Crippen LogP contribution in [0.25, 0.3) is 0 Å². The molecular formula is C18H23N3O4. The van der Waals surface area contributed by atoms with Gasteiger partial charge < -0.3 is 15.4 Å². The van der Waals surface area contributed by atoms with Gasteiger partial charge in [-0.25, -0.2) is 4.79 Å². The monoisotopic (exact) mass is 345 g/mol. The third kappa shape index (κ3) is 3.31. The van der Waals surface area contributed by atoms with Gasteiger partial charge in [0, 0.05) is 5.69 Å². The highest BCUT2D eigenvalue weighted by molar-refractivity contribution is 6.10. The van der Waals surface area contributed by atoms with Crippen molar-refractivity contribution in [1.82, 2.24) is 10.2 Å². The normalized spacial score (nSPS) is 22.7. The molecule has 3 rings (SSSR count). The van der Waals surface area contributed by atoms with E-state index in [2.05, 4.69) is 10.6 Å². The fourth-order valence-electron chi connectivity index (χ4n) is 3.31. The molecule has 1 atom stereocenters. The number of hydrogen-bond acceptors (Lipinski definition) is 4. The van der Waals surface area contributed by atoms with Gasteiger partial charge in [0.05, 0.1) is 6.61 Å². The zero-order chi connectivity index (χ0) is 18.0. The van der Waals surface area contributed by atoms with E-state index in [0.29, 0.717) is 24.5 Å². The quantitative estimate of drug-likeness (QED) is 0.741. The summed E-state index contributed by atoms with van der Waals surface area (Å²) >= 11 is 0. The van der Waals surface area contributed by atoms with Crippen LogP contribution < -0.4 is 15.4 Å². The summed E-state index contributed by atoms with van der Waals surface area (Å²) < 4.78 is 5.35. The molecule has 2 fully saturated rings. The second-order valence-electron chi connectivity index (χ2n) is 6.43. The standard InChI is InChI=1S/C18H23N3O4/c1-3-18(12-5-6-12)16(23)21(17(24)20-18)11-15(22)19-13-7-9-14(10-8-13)25-4-2/h7-10,12H,3-6,11H2,1-2H3,(H,19,22)(H,20,24)/t18-/m0/s1. The number of hydrogen-bond donors (Lipinski definition) is 2. The number of carbonyl (C=O) groups excluding carboxylic acids is 3. The summed E-state index contributed by atoms with van der Waals surface area (Å²) in [4.78, 5) is 38.2. The molecule has 1 saturated carbocycles. The van der Waals surface area contributed by atoms with Crippen molar-refractivity contribution in [3.05, 3.63) is 24.3 Å². The van der Waals surface area contributed by atoms with Crippen molar-refractivity contribution in [3.63, 3.8) is 0 Å². The van der Waals surface area contributed by atoms with E-state index in [4.69, 9.17) is 4.74 Å². The number of anilines is 1. The lowest BCUT2D eigenvalue weighted by atomic mass is 9.90. The van der Waals surface area contributed by atoms with Crippen molar-refractivity contribution in [1.29, 1.82) is 0 Å². The largest absolute Gasteiger partial charge is 0.494 e. The zero-order valence-electron chi connectivity index (χ0n) is 14.5. The minimum atomic E-state index is -0.823. The lowest BCUT2D eigenvalue weighted by Crippen LogP contribution is -2.49. The Hall–Kier alpha value is -2.57. The molecule has 25 heavy (non-hydrogen) atoms. The third-order valence-electron chi connectivity index (χ3n) is 4.78. The predicted molar refractivity (Wildman–Crippen MR) is 92.2 cm³/mol. The number of carbonyl (C=O) groups is 3. The highest BCUT2D eigenvalue weighted by Crippen LogP contribution is 2.44. The predicted octanol–water partition coefficient (Wildman–Crippen LogP) is 2.13. The SMILES string of the molecule is CCOc1ccc(NC(=O)CN2C(=O)N[C@@](CC)(C3CC3)C2=O)cc1. The second kappa shape index (κ2) is 6.74. The van der Waals surface area contributed by atoms with Crippen LogP contribution in [0.1, 0.15) is 33.1 Å². The summed E-state index contributed by atoms with van der Waals surface area (Å²) in [6.45, 7) is 4.07. The minimum absolute atomic E-state index is 0.188. The van der Waals surface area contributed by atoms with Gasteiger partial charge in [0.15, 0.2) is 0 Å². The molecule has 134 valence electrons. The average molecular weight is 345 g/mol. The van der Waals surface area contributed by atoms with Crippen LogP contribution in [0.4, 0.5) is 10.5 Å². The minimum Gasteiger partial charge on any atom is -0.494 e. The van der Waals surface area contributed by atoms with Crippen LogP contribution >= 0.6 is 0 Å². The fourth-order valence-corrected chi connectivity index (χ4v) is 3.31. The van der Waals surface area contributed by atoms with Gasteiger partial charge in [0.2, 0.25) is 5.91 Å². The molecule has 4 amide bonds. The van der Waals surface area contributed by atoms with E-state index in [1.54, 1.807) is 24.3 Å². The maximum Gasteiger partial charge on any atom is 0.325 e. The molecule has 7 nitrogen and oxygen atoms in total. The Morgan fingerprint density at radius 2 is 1.96 bits per heavy atom. The molecule has 2 aliphatic rings. The number of amides is 4. The Labute approximate surface area is 146 Å². The van der Waals surface area contributed by atoms with Gasteiger partial charge in [-0.05, 0) is 56.4 Å². The number of urea groups is 1. The van der Waals surface area contributed by atoms with Crippen LogP contribution in [0.15, 0.2) is 24.3 Å². The summed E-state index contributed by atoms with van der Waals surface area (Å²) in [5, 5.41) is 5.51. The average Bonchev–Trinajstić information content (AvgIpc) is 3.41. The van der Waals surface area contributed by atoms with Crippen molar-refractivity contribution in [2.45, 2.75) is 38.6 Å².